The van der Waals surface area contributed by atoms with Crippen LogP contribution < -0.4 is 4.74 Å². The van der Waals surface area contributed by atoms with Gasteiger partial charge in [0.1, 0.15) is 11.5 Å². The maximum Gasteiger partial charge on any atom is 0.260 e. The molecule has 1 aliphatic heterocycles. The van der Waals surface area contributed by atoms with E-state index in [1.807, 2.05) is 26.0 Å². The summed E-state index contributed by atoms with van der Waals surface area (Å²) in [4.78, 5) is 14.2. The van der Waals surface area contributed by atoms with Crippen LogP contribution in [0.2, 0.25) is 5.02 Å². The van der Waals surface area contributed by atoms with Gasteiger partial charge in [-0.05, 0) is 55.3 Å². The van der Waals surface area contributed by atoms with Gasteiger partial charge in [-0.15, -0.1) is 0 Å². The zero-order chi connectivity index (χ0) is 18.7. The normalized spacial score (nSPS) is 20.0. The molecule has 0 unspecified atom stereocenters. The SMILES string of the molecule is C[C@@H]1CN(C(=O)COc2cc(Cl)cc(-c3ccc(O)cc3)c2)C[C@H](C)O1. The molecule has 2 aromatic carbocycles. The number of carbonyl (C=O) groups excluding carboxylic acids is 1. The third kappa shape index (κ3) is 4.68. The van der Waals surface area contributed by atoms with Gasteiger partial charge in [-0.2, -0.15) is 0 Å². The lowest BCUT2D eigenvalue weighted by Gasteiger charge is -2.35. The monoisotopic (exact) mass is 375 g/mol. The number of halogens is 1. The predicted octanol–water partition coefficient (Wildman–Crippen LogP) is 3.73. The summed E-state index contributed by atoms with van der Waals surface area (Å²) in [7, 11) is 0. The van der Waals surface area contributed by atoms with Crippen molar-refractivity contribution in [2.24, 2.45) is 0 Å². The molecule has 5 nitrogen and oxygen atoms in total. The van der Waals surface area contributed by atoms with E-state index in [-0.39, 0.29) is 30.5 Å². The molecule has 1 N–H and O–H groups in total. The van der Waals surface area contributed by atoms with Crippen LogP contribution in [0.4, 0.5) is 0 Å². The molecule has 2 atom stereocenters. The van der Waals surface area contributed by atoms with Crippen molar-refractivity contribution in [3.63, 3.8) is 0 Å². The fourth-order valence-corrected chi connectivity index (χ4v) is 3.31. The largest absolute Gasteiger partial charge is 0.508 e. The highest BCUT2D eigenvalue weighted by molar-refractivity contribution is 6.31. The van der Waals surface area contributed by atoms with E-state index < -0.39 is 0 Å². The van der Waals surface area contributed by atoms with Gasteiger partial charge >= 0.3 is 0 Å². The van der Waals surface area contributed by atoms with Crippen molar-refractivity contribution in [3.05, 3.63) is 47.5 Å². The number of benzene rings is 2. The summed E-state index contributed by atoms with van der Waals surface area (Å²) in [6, 6.07) is 12.1. The number of amides is 1. The first-order valence-electron chi connectivity index (χ1n) is 8.57. The van der Waals surface area contributed by atoms with Gasteiger partial charge in [-0.3, -0.25) is 4.79 Å². The minimum Gasteiger partial charge on any atom is -0.508 e. The fourth-order valence-electron chi connectivity index (χ4n) is 3.08. The first kappa shape index (κ1) is 18.5. The van der Waals surface area contributed by atoms with Gasteiger partial charge in [-0.1, -0.05) is 23.7 Å². The molecule has 1 fully saturated rings. The number of aromatic hydroxyl groups is 1. The van der Waals surface area contributed by atoms with Gasteiger partial charge in [0.25, 0.3) is 5.91 Å². The van der Waals surface area contributed by atoms with Crippen LogP contribution in [-0.2, 0) is 9.53 Å². The van der Waals surface area contributed by atoms with Crippen molar-refractivity contribution in [1.29, 1.82) is 0 Å². The Balaban J connectivity index is 1.68. The topological polar surface area (TPSA) is 59.0 Å². The average molecular weight is 376 g/mol. The number of rotatable bonds is 4. The predicted molar refractivity (Wildman–Crippen MR) is 101 cm³/mol. The second-order valence-corrected chi connectivity index (χ2v) is 7.00. The summed E-state index contributed by atoms with van der Waals surface area (Å²) in [6.07, 6.45) is 0.0462. The molecule has 0 bridgehead atoms. The van der Waals surface area contributed by atoms with Gasteiger partial charge in [0.2, 0.25) is 0 Å². The van der Waals surface area contributed by atoms with E-state index in [1.54, 1.807) is 35.2 Å². The van der Waals surface area contributed by atoms with E-state index in [9.17, 15) is 9.90 Å². The van der Waals surface area contributed by atoms with Crippen LogP contribution in [0.25, 0.3) is 11.1 Å². The first-order chi connectivity index (χ1) is 12.4. The molecule has 1 amide bonds. The van der Waals surface area contributed by atoms with Crippen LogP contribution in [0.5, 0.6) is 11.5 Å². The molecule has 1 saturated heterocycles. The molecular weight excluding hydrogens is 354 g/mol. The Kier molecular flexibility index (Phi) is 5.69. The second-order valence-electron chi connectivity index (χ2n) is 6.57. The maximum absolute atomic E-state index is 12.4. The lowest BCUT2D eigenvalue weighted by molar-refractivity contribution is -0.145. The highest BCUT2D eigenvalue weighted by atomic mass is 35.5. The van der Waals surface area contributed by atoms with Crippen LogP contribution in [0, 0.1) is 0 Å². The molecule has 1 aliphatic rings. The van der Waals surface area contributed by atoms with Crippen molar-refractivity contribution in [2.75, 3.05) is 19.7 Å². The number of hydrogen-bond donors (Lipinski definition) is 1. The van der Waals surface area contributed by atoms with Crippen molar-refractivity contribution < 1.29 is 19.4 Å². The Morgan fingerprint density at radius 2 is 1.81 bits per heavy atom. The first-order valence-corrected chi connectivity index (χ1v) is 8.94. The van der Waals surface area contributed by atoms with E-state index in [2.05, 4.69) is 0 Å². The Labute approximate surface area is 158 Å². The molecule has 0 radical (unpaired) electrons. The van der Waals surface area contributed by atoms with E-state index in [0.29, 0.717) is 23.9 Å². The summed E-state index contributed by atoms with van der Waals surface area (Å²) < 4.78 is 11.3. The molecule has 6 heteroatoms. The molecule has 1 heterocycles. The summed E-state index contributed by atoms with van der Waals surface area (Å²) in [5, 5.41) is 9.94. The van der Waals surface area contributed by atoms with Crippen LogP contribution in [0.15, 0.2) is 42.5 Å². The maximum atomic E-state index is 12.4. The molecule has 26 heavy (non-hydrogen) atoms. The standard InChI is InChI=1S/C20H22ClNO4/c1-13-10-22(11-14(2)26-13)20(24)12-25-19-8-16(7-17(21)9-19)15-3-5-18(23)6-4-15/h3-9,13-14,23H,10-12H2,1-2H3/t13-,14+. The number of carbonyl (C=O) groups is 1. The molecule has 0 saturated carbocycles. The zero-order valence-electron chi connectivity index (χ0n) is 14.8. The molecule has 2 aromatic rings. The Hall–Kier alpha value is -2.24. The zero-order valence-corrected chi connectivity index (χ0v) is 15.6. The quantitative estimate of drug-likeness (QED) is 0.884. The number of hydrogen-bond acceptors (Lipinski definition) is 4. The van der Waals surface area contributed by atoms with Crippen LogP contribution in [0.3, 0.4) is 0 Å². The molecule has 3 rings (SSSR count). The number of phenols is 1. The summed E-state index contributed by atoms with van der Waals surface area (Å²) >= 11 is 6.19. The van der Waals surface area contributed by atoms with Gasteiger partial charge in [0, 0.05) is 18.1 Å². The van der Waals surface area contributed by atoms with Crippen molar-refractivity contribution in [3.8, 4) is 22.6 Å². The number of nitrogens with zero attached hydrogens (tertiary/aromatic N) is 1. The minimum atomic E-state index is -0.0711. The van der Waals surface area contributed by atoms with E-state index in [1.165, 1.54) is 0 Å². The summed E-state index contributed by atoms with van der Waals surface area (Å²) in [5.74, 6) is 0.660. The Bertz CT molecular complexity index is 768. The van der Waals surface area contributed by atoms with Crippen molar-refractivity contribution in [1.82, 2.24) is 4.90 Å². The van der Waals surface area contributed by atoms with E-state index in [4.69, 9.17) is 21.1 Å². The highest BCUT2D eigenvalue weighted by Gasteiger charge is 2.26. The van der Waals surface area contributed by atoms with Gasteiger partial charge in [0.05, 0.1) is 12.2 Å². The second kappa shape index (κ2) is 7.98. The minimum absolute atomic E-state index is 0.0231. The van der Waals surface area contributed by atoms with E-state index >= 15 is 0 Å². The van der Waals surface area contributed by atoms with Crippen LogP contribution >= 0.6 is 11.6 Å². The molecule has 0 spiro atoms. The Morgan fingerprint density at radius 1 is 1.15 bits per heavy atom. The molecule has 138 valence electrons. The lowest BCUT2D eigenvalue weighted by Crippen LogP contribution is -2.49. The highest BCUT2D eigenvalue weighted by Crippen LogP contribution is 2.29. The van der Waals surface area contributed by atoms with Crippen LogP contribution in [0.1, 0.15) is 13.8 Å². The van der Waals surface area contributed by atoms with Gasteiger partial charge in [0.15, 0.2) is 6.61 Å². The fraction of sp³-hybridized carbons (Fsp3) is 0.350. The third-order valence-electron chi connectivity index (χ3n) is 4.21. The summed E-state index contributed by atoms with van der Waals surface area (Å²) in [6.45, 7) is 5.01. The van der Waals surface area contributed by atoms with Crippen LogP contribution in [-0.4, -0.2) is 47.8 Å². The van der Waals surface area contributed by atoms with Crippen molar-refractivity contribution >= 4 is 17.5 Å². The summed E-state index contributed by atoms with van der Waals surface area (Å²) in [5.41, 5.74) is 1.76. The molecular formula is C20H22ClNO4. The number of morpholine rings is 1. The average Bonchev–Trinajstić information content (AvgIpc) is 2.59. The Morgan fingerprint density at radius 3 is 2.46 bits per heavy atom. The lowest BCUT2D eigenvalue weighted by atomic mass is 10.1. The van der Waals surface area contributed by atoms with Gasteiger partial charge < -0.3 is 19.5 Å². The smallest absolute Gasteiger partial charge is 0.260 e. The molecule has 0 aliphatic carbocycles. The molecule has 0 aromatic heterocycles. The third-order valence-corrected chi connectivity index (χ3v) is 4.42. The van der Waals surface area contributed by atoms with E-state index in [0.717, 1.165) is 11.1 Å². The van der Waals surface area contributed by atoms with Gasteiger partial charge in [-0.25, -0.2) is 0 Å². The number of phenolic OH excluding ortho intramolecular Hbond substituents is 1. The van der Waals surface area contributed by atoms with Crippen molar-refractivity contribution in [2.45, 2.75) is 26.1 Å². The number of ether oxygens (including phenoxy) is 2.